The van der Waals surface area contributed by atoms with E-state index in [-0.39, 0.29) is 37.7 Å². The number of likely N-dealkylation sites (tertiary alicyclic amines) is 1. The smallest absolute Gasteiger partial charge is 0.313 e. The van der Waals surface area contributed by atoms with Gasteiger partial charge in [-0.15, -0.1) is 0 Å². The molecule has 1 saturated heterocycles. The number of hydrogen-bond donors (Lipinski definition) is 3. The molecule has 220 valence electrons. The Labute approximate surface area is 229 Å². The number of ether oxygens (including phenoxy) is 1. The zero-order valence-electron chi connectivity index (χ0n) is 21.2. The molecule has 1 atom stereocenters. The van der Waals surface area contributed by atoms with E-state index in [4.69, 9.17) is 5.11 Å². The van der Waals surface area contributed by atoms with E-state index >= 15 is 0 Å². The van der Waals surface area contributed by atoms with E-state index in [1.807, 2.05) is 0 Å². The third kappa shape index (κ3) is 7.99. The molecular formula is C26H24F5N3O7. The summed E-state index contributed by atoms with van der Waals surface area (Å²) in [6.07, 6.45) is -0.906. The first-order valence-corrected chi connectivity index (χ1v) is 12.2. The fourth-order valence-electron chi connectivity index (χ4n) is 4.02. The van der Waals surface area contributed by atoms with Gasteiger partial charge in [0.05, 0.1) is 11.7 Å². The maximum Gasteiger partial charge on any atom is 0.313 e. The van der Waals surface area contributed by atoms with Crippen LogP contribution < -0.4 is 15.4 Å². The summed E-state index contributed by atoms with van der Waals surface area (Å²) in [5, 5.41) is 13.5. The van der Waals surface area contributed by atoms with Gasteiger partial charge in [0.1, 0.15) is 12.4 Å². The number of halogens is 5. The number of hydrogen-bond acceptors (Lipinski definition) is 6. The lowest BCUT2D eigenvalue weighted by molar-refractivity contribution is -0.145. The predicted octanol–water partition coefficient (Wildman–Crippen LogP) is 2.56. The molecule has 3 N–H and O–H groups in total. The average Bonchev–Trinajstić information content (AvgIpc) is 2.94. The Balaban J connectivity index is 1.58. The lowest BCUT2D eigenvalue weighted by Crippen LogP contribution is -2.50. The van der Waals surface area contributed by atoms with Gasteiger partial charge in [-0.05, 0) is 31.4 Å². The van der Waals surface area contributed by atoms with Crippen LogP contribution >= 0.6 is 0 Å². The number of nitrogens with zero attached hydrogens (tertiary/aromatic N) is 1. The molecule has 0 spiro atoms. The highest BCUT2D eigenvalue weighted by Crippen LogP contribution is 2.26. The third-order valence-electron chi connectivity index (χ3n) is 6.25. The molecule has 2 aromatic carbocycles. The number of benzene rings is 2. The van der Waals surface area contributed by atoms with Crippen LogP contribution in [0.15, 0.2) is 30.3 Å². The summed E-state index contributed by atoms with van der Waals surface area (Å²) in [5.74, 6) is -15.4. The Kier molecular flexibility index (Phi) is 10.3. The van der Waals surface area contributed by atoms with E-state index in [1.54, 1.807) is 0 Å². The Morgan fingerprint density at radius 1 is 0.951 bits per heavy atom. The molecule has 2 aromatic rings. The number of carboxylic acid groups (broad SMARTS) is 1. The molecule has 0 unspecified atom stereocenters. The van der Waals surface area contributed by atoms with Crippen molar-refractivity contribution < 1.29 is 55.8 Å². The Morgan fingerprint density at radius 2 is 1.56 bits per heavy atom. The van der Waals surface area contributed by atoms with Crippen LogP contribution in [0.25, 0.3) is 0 Å². The molecule has 0 radical (unpaired) electrons. The van der Waals surface area contributed by atoms with Crippen molar-refractivity contribution in [2.75, 3.05) is 25.0 Å². The average molecular weight is 585 g/mol. The first-order valence-electron chi connectivity index (χ1n) is 12.2. The number of Topliss-reactive ketones (excluding diaryl/α,β-unsaturated/α-hetero) is 1. The van der Waals surface area contributed by atoms with Crippen molar-refractivity contribution in [2.24, 2.45) is 5.92 Å². The monoisotopic (exact) mass is 585 g/mol. The van der Waals surface area contributed by atoms with Crippen molar-refractivity contribution in [1.82, 2.24) is 10.2 Å². The van der Waals surface area contributed by atoms with Gasteiger partial charge in [0.15, 0.2) is 23.2 Å². The minimum Gasteiger partial charge on any atom is -0.481 e. The maximum absolute atomic E-state index is 13.8. The number of piperidine rings is 1. The molecule has 1 aliphatic rings. The second kappa shape index (κ2) is 13.7. The Bertz CT molecular complexity index is 1320. The Hall–Kier alpha value is -4.56. The molecule has 1 aliphatic heterocycles. The number of anilines is 1. The number of carboxylic acids is 1. The molecule has 0 saturated carbocycles. The van der Waals surface area contributed by atoms with Crippen LogP contribution in [0.2, 0.25) is 0 Å². The third-order valence-corrected chi connectivity index (χ3v) is 6.25. The van der Waals surface area contributed by atoms with Gasteiger partial charge in [0, 0.05) is 31.5 Å². The van der Waals surface area contributed by atoms with Crippen molar-refractivity contribution in [2.45, 2.75) is 31.7 Å². The van der Waals surface area contributed by atoms with Crippen molar-refractivity contribution in [3.63, 3.8) is 0 Å². The fraction of sp³-hybridized carbons (Fsp3) is 0.346. The lowest BCUT2D eigenvalue weighted by atomic mass is 9.94. The van der Waals surface area contributed by atoms with E-state index in [9.17, 15) is 45.9 Å². The minimum atomic E-state index is -1.88. The zero-order valence-corrected chi connectivity index (χ0v) is 21.2. The van der Waals surface area contributed by atoms with Crippen molar-refractivity contribution >= 4 is 35.2 Å². The van der Waals surface area contributed by atoms with E-state index in [2.05, 4.69) is 15.4 Å². The number of aliphatic carboxylic acids is 1. The highest BCUT2D eigenvalue weighted by molar-refractivity contribution is 6.39. The van der Waals surface area contributed by atoms with E-state index in [1.165, 1.54) is 18.2 Å². The molecule has 15 heteroatoms. The largest absolute Gasteiger partial charge is 0.481 e. The van der Waals surface area contributed by atoms with Crippen LogP contribution in [0.4, 0.5) is 27.6 Å². The van der Waals surface area contributed by atoms with Crippen molar-refractivity contribution in [3.05, 3.63) is 59.4 Å². The molecule has 10 nitrogen and oxygen atoms in total. The fourth-order valence-corrected chi connectivity index (χ4v) is 4.02. The quantitative estimate of drug-likeness (QED) is 0.221. The summed E-state index contributed by atoms with van der Waals surface area (Å²) >= 11 is 0. The Morgan fingerprint density at radius 3 is 2.15 bits per heavy atom. The lowest BCUT2D eigenvalue weighted by Gasteiger charge is -2.31. The summed E-state index contributed by atoms with van der Waals surface area (Å²) in [7, 11) is 0. The summed E-state index contributed by atoms with van der Waals surface area (Å²) in [6.45, 7) is -1.23. The van der Waals surface area contributed by atoms with Crippen molar-refractivity contribution in [3.8, 4) is 5.75 Å². The van der Waals surface area contributed by atoms with Crippen molar-refractivity contribution in [1.29, 1.82) is 0 Å². The number of ketones is 1. The van der Waals surface area contributed by atoms with Crippen LogP contribution in [0, 0.1) is 35.0 Å². The first-order chi connectivity index (χ1) is 19.4. The molecule has 1 heterocycles. The number of carbonyl (C=O) groups excluding carboxylic acids is 4. The standard InChI is InChI=1S/C26H24F5N3O7/c27-14-3-1-2-4-17(14)32-25(39)26(40)34-9-7-13(8-10-34)24(38)33-18(5-6-20(36)37)19(35)12-41-23-21(30)15(28)11-16(29)22(23)31/h1-4,11,13,18H,5-10,12H2,(H,32,39)(H,33,38)(H,36,37)/t18-/m0/s1. The molecular weight excluding hydrogens is 561 g/mol. The molecule has 3 rings (SSSR count). The van der Waals surface area contributed by atoms with Gasteiger partial charge >= 0.3 is 17.8 Å². The number of para-hydroxylation sites is 1. The summed E-state index contributed by atoms with van der Waals surface area (Å²) < 4.78 is 72.8. The van der Waals surface area contributed by atoms with Gasteiger partial charge in [-0.3, -0.25) is 24.0 Å². The van der Waals surface area contributed by atoms with Crippen LogP contribution in [-0.4, -0.2) is 65.2 Å². The van der Waals surface area contributed by atoms with E-state index in [0.717, 1.165) is 11.0 Å². The van der Waals surface area contributed by atoms with Gasteiger partial charge in [0.25, 0.3) is 0 Å². The maximum atomic E-state index is 13.8. The first kappa shape index (κ1) is 31.0. The van der Waals surface area contributed by atoms with Gasteiger partial charge < -0.3 is 25.4 Å². The molecule has 0 aromatic heterocycles. The number of rotatable bonds is 10. The second-order valence-electron chi connectivity index (χ2n) is 9.05. The summed E-state index contributed by atoms with van der Waals surface area (Å²) in [5.41, 5.74) is -0.186. The molecule has 0 bridgehead atoms. The molecule has 41 heavy (non-hydrogen) atoms. The molecule has 0 aliphatic carbocycles. The SMILES string of the molecule is O=C(O)CC[C@H](NC(=O)C1CCN(C(=O)C(=O)Nc2ccccc2F)CC1)C(=O)COc1c(F)c(F)cc(F)c1F. The second-order valence-corrected chi connectivity index (χ2v) is 9.05. The summed E-state index contributed by atoms with van der Waals surface area (Å²) in [6, 6.07) is 3.70. The molecule has 3 amide bonds. The number of carbonyl (C=O) groups is 5. The normalized spacial score (nSPS) is 14.2. The zero-order chi connectivity index (χ0) is 30.3. The van der Waals surface area contributed by atoms with E-state index < -0.39 is 95.7 Å². The van der Waals surface area contributed by atoms with Gasteiger partial charge in [0.2, 0.25) is 17.5 Å². The molecule has 1 fully saturated rings. The highest BCUT2D eigenvalue weighted by Gasteiger charge is 2.33. The topological polar surface area (TPSA) is 142 Å². The van der Waals surface area contributed by atoms with Gasteiger partial charge in [-0.1, -0.05) is 12.1 Å². The van der Waals surface area contributed by atoms with Gasteiger partial charge in [-0.25, -0.2) is 13.2 Å². The van der Waals surface area contributed by atoms with Crippen LogP contribution in [-0.2, 0) is 24.0 Å². The van der Waals surface area contributed by atoms with Gasteiger partial charge in [-0.2, -0.15) is 8.78 Å². The number of amides is 3. The summed E-state index contributed by atoms with van der Waals surface area (Å²) in [4.78, 5) is 62.3. The highest BCUT2D eigenvalue weighted by atomic mass is 19.2. The van der Waals surface area contributed by atoms with Crippen LogP contribution in [0.5, 0.6) is 5.75 Å². The van der Waals surface area contributed by atoms with Crippen LogP contribution in [0.1, 0.15) is 25.7 Å². The van der Waals surface area contributed by atoms with E-state index in [0.29, 0.717) is 0 Å². The van der Waals surface area contributed by atoms with Crippen LogP contribution in [0.3, 0.4) is 0 Å². The predicted molar refractivity (Wildman–Crippen MR) is 130 cm³/mol. The number of nitrogens with one attached hydrogen (secondary N) is 2. The minimum absolute atomic E-state index is 0.0395.